The zero-order valence-electron chi connectivity index (χ0n) is 15.0. The zero-order valence-corrected chi connectivity index (χ0v) is 15.8. The molecule has 0 aliphatic carbocycles. The molecule has 138 valence electrons. The lowest BCUT2D eigenvalue weighted by Crippen LogP contribution is -2.22. The molecular formula is C22H16ClN3O2. The molecule has 0 bridgehead atoms. The van der Waals surface area contributed by atoms with E-state index in [0.29, 0.717) is 27.7 Å². The molecule has 2 heterocycles. The minimum atomic E-state index is -0.349. The first-order valence-electron chi connectivity index (χ1n) is 8.66. The Morgan fingerprint density at radius 3 is 2.68 bits per heavy atom. The third-order valence-electron chi connectivity index (χ3n) is 4.19. The largest absolute Gasteiger partial charge is 0.438 e. The molecule has 4 rings (SSSR count). The highest BCUT2D eigenvalue weighted by molar-refractivity contribution is 6.30. The Morgan fingerprint density at radius 2 is 1.89 bits per heavy atom. The van der Waals surface area contributed by atoms with E-state index in [0.717, 1.165) is 10.9 Å². The van der Waals surface area contributed by atoms with Crippen LogP contribution in [0.1, 0.15) is 15.9 Å². The van der Waals surface area contributed by atoms with Crippen LogP contribution in [0, 0.1) is 6.92 Å². The van der Waals surface area contributed by atoms with E-state index in [1.54, 1.807) is 42.6 Å². The van der Waals surface area contributed by atoms with Crippen LogP contribution in [0.2, 0.25) is 5.02 Å². The third kappa shape index (κ3) is 3.80. The highest BCUT2D eigenvalue weighted by atomic mass is 35.5. The van der Waals surface area contributed by atoms with Crippen molar-refractivity contribution in [3.63, 3.8) is 0 Å². The molecule has 0 saturated heterocycles. The molecule has 1 amide bonds. The Morgan fingerprint density at radius 1 is 1.07 bits per heavy atom. The Hall–Kier alpha value is -3.44. The molecule has 0 aliphatic heterocycles. The van der Waals surface area contributed by atoms with Gasteiger partial charge < -0.3 is 9.73 Å². The van der Waals surface area contributed by atoms with Crippen LogP contribution >= 0.6 is 11.6 Å². The van der Waals surface area contributed by atoms with Crippen molar-refractivity contribution in [1.29, 1.82) is 0 Å². The van der Waals surface area contributed by atoms with E-state index in [9.17, 15) is 4.79 Å². The monoisotopic (exact) mass is 389 g/mol. The second-order valence-electron chi connectivity index (χ2n) is 6.21. The van der Waals surface area contributed by atoms with Crippen molar-refractivity contribution in [1.82, 2.24) is 4.98 Å². The minimum Gasteiger partial charge on any atom is -0.438 e. The molecule has 2 aromatic heterocycles. The van der Waals surface area contributed by atoms with Crippen molar-refractivity contribution in [3.8, 4) is 0 Å². The lowest BCUT2D eigenvalue weighted by Gasteiger charge is -2.07. The summed E-state index contributed by atoms with van der Waals surface area (Å²) in [6.45, 7) is 1.90. The first-order valence-corrected chi connectivity index (χ1v) is 9.04. The molecule has 0 aliphatic rings. The maximum absolute atomic E-state index is 12.9. The number of amides is 1. The van der Waals surface area contributed by atoms with Gasteiger partial charge in [0.2, 0.25) is 5.55 Å². The van der Waals surface area contributed by atoms with Crippen LogP contribution in [0.15, 0.2) is 82.3 Å². The van der Waals surface area contributed by atoms with Gasteiger partial charge in [-0.1, -0.05) is 35.9 Å². The molecule has 2 aromatic carbocycles. The summed E-state index contributed by atoms with van der Waals surface area (Å²) in [6.07, 6.45) is 1.61. The van der Waals surface area contributed by atoms with Gasteiger partial charge >= 0.3 is 0 Å². The number of nitrogens with one attached hydrogen (secondary N) is 1. The number of halogens is 1. The number of aryl methyl sites for hydroxylation is 1. The number of anilines is 1. The van der Waals surface area contributed by atoms with Gasteiger partial charge in [0.15, 0.2) is 0 Å². The van der Waals surface area contributed by atoms with Crippen LogP contribution < -0.4 is 10.9 Å². The number of carbonyl (C=O) groups excluding carboxylic acids is 1. The molecule has 0 radical (unpaired) electrons. The Labute approximate surface area is 166 Å². The highest BCUT2D eigenvalue weighted by Gasteiger charge is 2.14. The van der Waals surface area contributed by atoms with Crippen LogP contribution in [0.4, 0.5) is 11.5 Å². The molecule has 4 aromatic rings. The number of hydrogen-bond acceptors (Lipinski definition) is 4. The number of aromatic nitrogens is 1. The number of nitrogens with zero attached hydrogens (tertiary/aromatic N) is 2. The number of rotatable bonds is 3. The summed E-state index contributed by atoms with van der Waals surface area (Å²) in [6, 6.07) is 19.9. The van der Waals surface area contributed by atoms with Gasteiger partial charge in [-0.25, -0.2) is 9.98 Å². The first kappa shape index (κ1) is 17.9. The summed E-state index contributed by atoms with van der Waals surface area (Å²) in [7, 11) is 0. The van der Waals surface area contributed by atoms with Gasteiger partial charge in [-0.05, 0) is 55.0 Å². The highest BCUT2D eigenvalue weighted by Crippen LogP contribution is 2.22. The number of para-hydroxylation sites is 1. The van der Waals surface area contributed by atoms with Gasteiger partial charge in [0.05, 0.1) is 5.69 Å². The predicted molar refractivity (Wildman–Crippen MR) is 110 cm³/mol. The van der Waals surface area contributed by atoms with Gasteiger partial charge in [0.1, 0.15) is 17.0 Å². The lowest BCUT2D eigenvalue weighted by atomic mass is 10.1. The summed E-state index contributed by atoms with van der Waals surface area (Å²) in [5.74, 6) is 0.104. The molecule has 0 saturated carbocycles. The maximum Gasteiger partial charge on any atom is 0.262 e. The topological polar surface area (TPSA) is 67.5 Å². The summed E-state index contributed by atoms with van der Waals surface area (Å²) in [5.41, 5.74) is 2.74. The normalized spacial score (nSPS) is 11.6. The molecule has 6 heteroatoms. The second kappa shape index (κ2) is 7.66. The standard InChI is InChI=1S/C22H16ClN3O2/c1-14-12-16(23)9-10-18(14)25-22-17(13-15-6-2-3-7-19(15)28-22)21(27)26-20-8-4-5-11-24-20/h2-13H,1H3,(H,24,26,27). The van der Waals surface area contributed by atoms with Crippen LogP contribution in [0.25, 0.3) is 11.0 Å². The van der Waals surface area contributed by atoms with Crippen molar-refractivity contribution in [2.24, 2.45) is 4.99 Å². The molecule has 0 fully saturated rings. The molecule has 0 atom stereocenters. The smallest absolute Gasteiger partial charge is 0.262 e. The second-order valence-corrected chi connectivity index (χ2v) is 6.65. The number of fused-ring (bicyclic) bond motifs is 1. The molecule has 5 nitrogen and oxygen atoms in total. The molecule has 1 N–H and O–H groups in total. The van der Waals surface area contributed by atoms with Gasteiger partial charge in [-0.3, -0.25) is 4.79 Å². The van der Waals surface area contributed by atoms with Crippen LogP contribution in [0.5, 0.6) is 0 Å². The third-order valence-corrected chi connectivity index (χ3v) is 4.42. The molecule has 0 unspecified atom stereocenters. The predicted octanol–water partition coefficient (Wildman–Crippen LogP) is 5.27. The van der Waals surface area contributed by atoms with Crippen LogP contribution in [-0.2, 0) is 0 Å². The van der Waals surface area contributed by atoms with E-state index in [2.05, 4.69) is 15.3 Å². The Balaban J connectivity index is 1.87. The van der Waals surface area contributed by atoms with Crippen molar-refractivity contribution in [2.45, 2.75) is 6.92 Å². The summed E-state index contributed by atoms with van der Waals surface area (Å²) < 4.78 is 5.96. The van der Waals surface area contributed by atoms with E-state index >= 15 is 0 Å². The van der Waals surface area contributed by atoms with Gasteiger partial charge in [0.25, 0.3) is 5.91 Å². The summed E-state index contributed by atoms with van der Waals surface area (Å²) in [5, 5.41) is 4.21. The minimum absolute atomic E-state index is 0.220. The van der Waals surface area contributed by atoms with Gasteiger partial charge in [0, 0.05) is 16.6 Å². The van der Waals surface area contributed by atoms with E-state index in [4.69, 9.17) is 16.0 Å². The van der Waals surface area contributed by atoms with Crippen LogP contribution in [0.3, 0.4) is 0 Å². The Bertz CT molecular complexity index is 1230. The quantitative estimate of drug-likeness (QED) is 0.518. The summed E-state index contributed by atoms with van der Waals surface area (Å²) in [4.78, 5) is 21.6. The summed E-state index contributed by atoms with van der Waals surface area (Å²) >= 11 is 6.03. The average molecular weight is 390 g/mol. The number of hydrogen-bond donors (Lipinski definition) is 1. The number of carbonyl (C=O) groups is 1. The van der Waals surface area contributed by atoms with Crippen molar-refractivity contribution >= 4 is 40.0 Å². The molecule has 0 spiro atoms. The SMILES string of the molecule is Cc1cc(Cl)ccc1N=c1oc2ccccc2cc1C(=O)Nc1ccccn1. The average Bonchev–Trinajstić information content (AvgIpc) is 2.70. The van der Waals surface area contributed by atoms with E-state index in [1.165, 1.54) is 0 Å². The van der Waals surface area contributed by atoms with Gasteiger partial charge in [-0.2, -0.15) is 0 Å². The van der Waals surface area contributed by atoms with Crippen LogP contribution in [-0.4, -0.2) is 10.9 Å². The maximum atomic E-state index is 12.9. The number of pyridine rings is 1. The lowest BCUT2D eigenvalue weighted by molar-refractivity contribution is 0.102. The number of benzene rings is 2. The fraction of sp³-hybridized carbons (Fsp3) is 0.0455. The first-order chi connectivity index (χ1) is 13.6. The van der Waals surface area contributed by atoms with Crippen molar-refractivity contribution in [3.05, 3.63) is 94.6 Å². The fourth-order valence-corrected chi connectivity index (χ4v) is 3.02. The Kier molecular flexibility index (Phi) is 4.91. The fourth-order valence-electron chi connectivity index (χ4n) is 2.79. The molecule has 28 heavy (non-hydrogen) atoms. The van der Waals surface area contributed by atoms with Gasteiger partial charge in [-0.15, -0.1) is 0 Å². The van der Waals surface area contributed by atoms with E-state index < -0.39 is 0 Å². The zero-order chi connectivity index (χ0) is 19.5. The van der Waals surface area contributed by atoms with Crippen molar-refractivity contribution < 1.29 is 9.21 Å². The van der Waals surface area contributed by atoms with Crippen molar-refractivity contribution in [2.75, 3.05) is 5.32 Å². The van der Waals surface area contributed by atoms with E-state index in [1.807, 2.05) is 37.3 Å². The molecular weight excluding hydrogens is 374 g/mol. The van der Waals surface area contributed by atoms with E-state index in [-0.39, 0.29) is 11.5 Å².